The first-order chi connectivity index (χ1) is 11.0. The molecule has 0 aliphatic heterocycles. The SMILES string of the molecule is C[C@@](O)(CNC(=O)/C=C/c1ccco1)c1cc2ccccc2o1. The second kappa shape index (κ2) is 6.14. The summed E-state index contributed by atoms with van der Waals surface area (Å²) in [5.41, 5.74) is -0.598. The van der Waals surface area contributed by atoms with Crippen LogP contribution < -0.4 is 5.32 Å². The van der Waals surface area contributed by atoms with Crippen molar-refractivity contribution in [1.29, 1.82) is 0 Å². The molecule has 1 amide bonds. The lowest BCUT2D eigenvalue weighted by Crippen LogP contribution is -2.37. The Labute approximate surface area is 133 Å². The van der Waals surface area contributed by atoms with Gasteiger partial charge in [-0.3, -0.25) is 4.79 Å². The minimum absolute atomic E-state index is 0.0359. The predicted molar refractivity (Wildman–Crippen MR) is 86.5 cm³/mol. The summed E-state index contributed by atoms with van der Waals surface area (Å²) in [5, 5.41) is 14.1. The van der Waals surface area contributed by atoms with Gasteiger partial charge < -0.3 is 19.3 Å². The minimum Gasteiger partial charge on any atom is -0.465 e. The molecule has 0 radical (unpaired) electrons. The molecule has 2 heterocycles. The Hall–Kier alpha value is -2.79. The van der Waals surface area contributed by atoms with Crippen LogP contribution in [0.15, 0.2) is 63.6 Å². The summed E-state index contributed by atoms with van der Waals surface area (Å²) >= 11 is 0. The molecular formula is C18H17NO4. The fourth-order valence-electron chi connectivity index (χ4n) is 2.20. The molecular weight excluding hydrogens is 294 g/mol. The van der Waals surface area contributed by atoms with Crippen LogP contribution in [0.25, 0.3) is 17.0 Å². The summed E-state index contributed by atoms with van der Waals surface area (Å²) in [6.07, 6.45) is 4.45. The van der Waals surface area contributed by atoms with Gasteiger partial charge in [0.1, 0.15) is 22.7 Å². The molecule has 3 aromatic rings. The summed E-state index contributed by atoms with van der Waals surface area (Å²) < 4.78 is 10.8. The summed E-state index contributed by atoms with van der Waals surface area (Å²) in [7, 11) is 0. The normalized spacial score (nSPS) is 14.2. The van der Waals surface area contributed by atoms with Crippen LogP contribution >= 0.6 is 0 Å². The van der Waals surface area contributed by atoms with Crippen molar-refractivity contribution in [1.82, 2.24) is 5.32 Å². The summed E-state index contributed by atoms with van der Waals surface area (Å²) in [5.74, 6) is 0.677. The van der Waals surface area contributed by atoms with E-state index in [9.17, 15) is 9.90 Å². The maximum Gasteiger partial charge on any atom is 0.244 e. The Bertz CT molecular complexity index is 795. The molecule has 0 aliphatic rings. The number of carbonyl (C=O) groups is 1. The monoisotopic (exact) mass is 311 g/mol. The van der Waals surface area contributed by atoms with Gasteiger partial charge in [0.05, 0.1) is 12.8 Å². The fourth-order valence-corrected chi connectivity index (χ4v) is 2.20. The number of fused-ring (bicyclic) bond motifs is 1. The van der Waals surface area contributed by atoms with Crippen molar-refractivity contribution >= 4 is 23.0 Å². The second-order valence-electron chi connectivity index (χ2n) is 5.49. The third-order valence-corrected chi connectivity index (χ3v) is 3.51. The van der Waals surface area contributed by atoms with E-state index >= 15 is 0 Å². The molecule has 0 unspecified atom stereocenters. The molecule has 1 atom stereocenters. The predicted octanol–water partition coefficient (Wildman–Crippen LogP) is 3.06. The molecule has 3 rings (SSSR count). The van der Waals surface area contributed by atoms with Crippen molar-refractivity contribution in [2.24, 2.45) is 0 Å². The van der Waals surface area contributed by atoms with Crippen molar-refractivity contribution in [2.45, 2.75) is 12.5 Å². The van der Waals surface area contributed by atoms with E-state index in [-0.39, 0.29) is 12.5 Å². The number of amides is 1. The standard InChI is InChI=1S/C18H17NO4/c1-18(21,16-11-13-5-2-3-7-15(13)23-16)12-19-17(20)9-8-14-6-4-10-22-14/h2-11,21H,12H2,1H3,(H,19,20)/b9-8+/t18-/m1/s1. The lowest BCUT2D eigenvalue weighted by molar-refractivity contribution is -0.117. The minimum atomic E-state index is -1.30. The Balaban J connectivity index is 1.65. The van der Waals surface area contributed by atoms with Gasteiger partial charge in [-0.15, -0.1) is 0 Å². The number of rotatable bonds is 5. The molecule has 1 aromatic carbocycles. The van der Waals surface area contributed by atoms with E-state index in [1.54, 1.807) is 31.2 Å². The molecule has 0 fully saturated rings. The number of hydrogen-bond donors (Lipinski definition) is 2. The Morgan fingerprint density at radius 2 is 2.13 bits per heavy atom. The summed E-state index contributed by atoms with van der Waals surface area (Å²) in [4.78, 5) is 11.8. The number of benzene rings is 1. The zero-order valence-electron chi connectivity index (χ0n) is 12.7. The lowest BCUT2D eigenvalue weighted by atomic mass is 10.0. The molecule has 118 valence electrons. The Morgan fingerprint density at radius 3 is 2.87 bits per heavy atom. The summed E-state index contributed by atoms with van der Waals surface area (Å²) in [6, 6.07) is 12.8. The van der Waals surface area contributed by atoms with Crippen LogP contribution in [0.2, 0.25) is 0 Å². The fraction of sp³-hybridized carbons (Fsp3) is 0.167. The first kappa shape index (κ1) is 15.1. The molecule has 2 aromatic heterocycles. The van der Waals surface area contributed by atoms with Gasteiger partial charge in [0.2, 0.25) is 5.91 Å². The molecule has 0 saturated carbocycles. The molecule has 5 heteroatoms. The average Bonchev–Trinajstić information content (AvgIpc) is 3.20. The smallest absolute Gasteiger partial charge is 0.244 e. The number of carbonyl (C=O) groups excluding carboxylic acids is 1. The van der Waals surface area contributed by atoms with E-state index in [1.165, 1.54) is 12.3 Å². The molecule has 0 bridgehead atoms. The zero-order valence-corrected chi connectivity index (χ0v) is 12.7. The van der Waals surface area contributed by atoms with E-state index in [0.717, 1.165) is 5.39 Å². The van der Waals surface area contributed by atoms with Gasteiger partial charge >= 0.3 is 0 Å². The van der Waals surface area contributed by atoms with Crippen molar-refractivity contribution in [3.8, 4) is 0 Å². The third kappa shape index (κ3) is 3.52. The van der Waals surface area contributed by atoms with Crippen LogP contribution in [0.4, 0.5) is 0 Å². The molecule has 5 nitrogen and oxygen atoms in total. The number of aliphatic hydroxyl groups is 1. The van der Waals surface area contributed by atoms with E-state index in [1.807, 2.05) is 24.3 Å². The van der Waals surface area contributed by atoms with E-state index in [4.69, 9.17) is 8.83 Å². The van der Waals surface area contributed by atoms with E-state index in [0.29, 0.717) is 17.1 Å². The van der Waals surface area contributed by atoms with Crippen LogP contribution in [-0.2, 0) is 10.4 Å². The van der Waals surface area contributed by atoms with Crippen LogP contribution in [-0.4, -0.2) is 17.6 Å². The number of nitrogens with one attached hydrogen (secondary N) is 1. The first-order valence-corrected chi connectivity index (χ1v) is 7.25. The number of para-hydroxylation sites is 1. The van der Waals surface area contributed by atoms with Gasteiger partial charge in [-0.1, -0.05) is 18.2 Å². The van der Waals surface area contributed by atoms with Gasteiger partial charge in [-0.2, -0.15) is 0 Å². The molecule has 0 aliphatic carbocycles. The van der Waals surface area contributed by atoms with E-state index in [2.05, 4.69) is 5.32 Å². The number of furan rings is 2. The van der Waals surface area contributed by atoms with Gasteiger partial charge in [-0.25, -0.2) is 0 Å². The molecule has 0 saturated heterocycles. The maximum absolute atomic E-state index is 11.8. The van der Waals surface area contributed by atoms with Crippen molar-refractivity contribution in [3.63, 3.8) is 0 Å². The van der Waals surface area contributed by atoms with Crippen LogP contribution in [0.3, 0.4) is 0 Å². The third-order valence-electron chi connectivity index (χ3n) is 3.51. The van der Waals surface area contributed by atoms with Gasteiger partial charge in [-0.05, 0) is 37.3 Å². The van der Waals surface area contributed by atoms with Gasteiger partial charge in [0.15, 0.2) is 0 Å². The highest BCUT2D eigenvalue weighted by Crippen LogP contribution is 2.27. The van der Waals surface area contributed by atoms with Crippen LogP contribution in [0.1, 0.15) is 18.4 Å². The maximum atomic E-state index is 11.8. The second-order valence-corrected chi connectivity index (χ2v) is 5.49. The topological polar surface area (TPSA) is 75.6 Å². The van der Waals surface area contributed by atoms with Crippen molar-refractivity contribution in [3.05, 3.63) is 66.3 Å². The Kier molecular flexibility index (Phi) is 4.04. The Morgan fingerprint density at radius 1 is 1.30 bits per heavy atom. The van der Waals surface area contributed by atoms with Gasteiger partial charge in [0, 0.05) is 11.5 Å². The lowest BCUT2D eigenvalue weighted by Gasteiger charge is -2.20. The van der Waals surface area contributed by atoms with Crippen LogP contribution in [0.5, 0.6) is 0 Å². The van der Waals surface area contributed by atoms with Gasteiger partial charge in [0.25, 0.3) is 0 Å². The summed E-state index contributed by atoms with van der Waals surface area (Å²) in [6.45, 7) is 1.63. The van der Waals surface area contributed by atoms with Crippen molar-refractivity contribution < 1.29 is 18.7 Å². The van der Waals surface area contributed by atoms with Crippen LogP contribution in [0, 0.1) is 0 Å². The highest BCUT2D eigenvalue weighted by atomic mass is 16.4. The average molecular weight is 311 g/mol. The van der Waals surface area contributed by atoms with E-state index < -0.39 is 5.60 Å². The number of hydrogen-bond acceptors (Lipinski definition) is 4. The quantitative estimate of drug-likeness (QED) is 0.710. The zero-order chi connectivity index (χ0) is 16.3. The highest BCUT2D eigenvalue weighted by molar-refractivity contribution is 5.91. The molecule has 0 spiro atoms. The first-order valence-electron chi connectivity index (χ1n) is 7.25. The molecule has 23 heavy (non-hydrogen) atoms. The largest absolute Gasteiger partial charge is 0.465 e. The highest BCUT2D eigenvalue weighted by Gasteiger charge is 2.27. The molecule has 2 N–H and O–H groups in total. The van der Waals surface area contributed by atoms with Crippen molar-refractivity contribution in [2.75, 3.05) is 6.54 Å².